The Hall–Kier alpha value is -3.29. The highest BCUT2D eigenvalue weighted by atomic mass is 31.2. The van der Waals surface area contributed by atoms with Crippen molar-refractivity contribution >= 4 is 32.3 Å². The zero-order valence-electron chi connectivity index (χ0n) is 24.5. The van der Waals surface area contributed by atoms with E-state index in [4.69, 9.17) is 24.8 Å². The number of aromatic nitrogens is 2. The molecule has 0 saturated carbocycles. The van der Waals surface area contributed by atoms with Crippen molar-refractivity contribution in [2.75, 3.05) is 44.5 Å². The number of rotatable bonds is 18. The van der Waals surface area contributed by atoms with Gasteiger partial charge in [-0.25, -0.2) is 9.66 Å². The van der Waals surface area contributed by atoms with Gasteiger partial charge >= 0.3 is 0 Å². The molecule has 0 aliphatic heterocycles. The second-order valence-electron chi connectivity index (χ2n) is 9.66. The number of aliphatic imine (C=N–C) groups is 1. The highest BCUT2D eigenvalue weighted by Crippen LogP contribution is 2.46. The molecule has 2 N–H and O–H groups in total. The fraction of sp³-hybridized carbons (Fsp3) is 0.500. The minimum absolute atomic E-state index is 0.225. The molecule has 0 amide bonds. The van der Waals surface area contributed by atoms with Crippen LogP contribution in [0.5, 0.6) is 5.88 Å². The lowest BCUT2D eigenvalue weighted by Crippen LogP contribution is -2.34. The number of hydrogen-bond donors (Lipinski definition) is 1. The van der Waals surface area contributed by atoms with Gasteiger partial charge in [-0.1, -0.05) is 36.9 Å². The summed E-state index contributed by atoms with van der Waals surface area (Å²) < 4.78 is 20.4. The maximum atomic E-state index is 8.93. The molecule has 1 heterocycles. The van der Waals surface area contributed by atoms with Crippen molar-refractivity contribution in [3.05, 3.63) is 48.7 Å². The van der Waals surface area contributed by atoms with Crippen LogP contribution < -0.4 is 15.4 Å². The number of nitriles is 1. The van der Waals surface area contributed by atoms with Crippen LogP contribution in [0, 0.1) is 11.3 Å². The van der Waals surface area contributed by atoms with Crippen LogP contribution in [0.3, 0.4) is 0 Å². The molecular formula is C28H43N8O3P. The molecule has 0 bridgehead atoms. The predicted octanol–water partition coefficient (Wildman–Crippen LogP) is 5.49. The summed E-state index contributed by atoms with van der Waals surface area (Å²) in [6, 6.07) is 12.4. The van der Waals surface area contributed by atoms with Crippen LogP contribution in [0.15, 0.2) is 48.1 Å². The number of ether oxygens (including phenoxy) is 1. The SMILES string of the molecule is C=CN(CCCOP(OCCC#N)N(C(C)C)C(C)C)c1nc(/N=C/N(C)C)nc(OCc2ccccc2)c1N. The fourth-order valence-corrected chi connectivity index (χ4v) is 5.31. The van der Waals surface area contributed by atoms with Crippen molar-refractivity contribution in [3.63, 3.8) is 0 Å². The molecule has 1 aromatic carbocycles. The predicted molar refractivity (Wildman–Crippen MR) is 162 cm³/mol. The Morgan fingerprint density at radius 2 is 1.77 bits per heavy atom. The Bertz CT molecular complexity index is 1100. The third kappa shape index (κ3) is 10.7. The highest BCUT2D eigenvalue weighted by Gasteiger charge is 2.27. The number of hydrogen-bond acceptors (Lipinski definition) is 10. The summed E-state index contributed by atoms with van der Waals surface area (Å²) >= 11 is 0. The maximum Gasteiger partial charge on any atom is 0.259 e. The molecule has 1 aromatic heterocycles. The van der Waals surface area contributed by atoms with E-state index in [-0.39, 0.29) is 23.9 Å². The van der Waals surface area contributed by atoms with Crippen LogP contribution in [-0.2, 0) is 15.7 Å². The summed E-state index contributed by atoms with van der Waals surface area (Å²) in [7, 11) is 2.41. The van der Waals surface area contributed by atoms with E-state index in [1.165, 1.54) is 0 Å². The van der Waals surface area contributed by atoms with Gasteiger partial charge in [-0.05, 0) is 45.9 Å². The third-order valence-electron chi connectivity index (χ3n) is 5.40. The smallest absolute Gasteiger partial charge is 0.259 e. The Labute approximate surface area is 240 Å². The van der Waals surface area contributed by atoms with E-state index in [0.717, 1.165) is 5.56 Å². The third-order valence-corrected chi connectivity index (χ3v) is 7.51. The molecule has 11 nitrogen and oxygen atoms in total. The van der Waals surface area contributed by atoms with Crippen molar-refractivity contribution < 1.29 is 13.8 Å². The summed E-state index contributed by atoms with van der Waals surface area (Å²) in [6.07, 6.45) is 4.25. The molecule has 0 spiro atoms. The normalized spacial score (nSPS) is 12.2. The molecule has 0 saturated heterocycles. The van der Waals surface area contributed by atoms with Crippen molar-refractivity contribution in [2.24, 2.45) is 4.99 Å². The standard InChI is InChI=1S/C28H43N8O3P/c1-8-35(17-13-19-39-40(38-18-12-16-29)36(22(2)3)23(4)5)26-25(30)27(33-28(32-26)31-21-34(6)7)37-20-24-14-10-9-11-15-24/h8-11,14-15,21-23H,1,12-13,17-20,30H2,2-7H3/b31-21+. The van der Waals surface area contributed by atoms with Crippen molar-refractivity contribution in [3.8, 4) is 11.9 Å². The summed E-state index contributed by atoms with van der Waals surface area (Å²) in [5, 5.41) is 8.93. The molecule has 1 unspecified atom stereocenters. The average molecular weight is 571 g/mol. The number of nitrogens with zero attached hydrogens (tertiary/aromatic N) is 7. The topological polar surface area (TPSA) is 125 Å². The van der Waals surface area contributed by atoms with Crippen LogP contribution in [0.1, 0.15) is 46.1 Å². The molecule has 12 heteroatoms. The first-order valence-electron chi connectivity index (χ1n) is 13.3. The van der Waals surface area contributed by atoms with Gasteiger partial charge in [0.25, 0.3) is 14.5 Å². The van der Waals surface area contributed by atoms with E-state index in [9.17, 15) is 0 Å². The Balaban J connectivity index is 2.18. The highest BCUT2D eigenvalue weighted by molar-refractivity contribution is 7.44. The first kappa shape index (κ1) is 32.9. The van der Waals surface area contributed by atoms with Crippen LogP contribution in [0.4, 0.5) is 17.5 Å². The Morgan fingerprint density at radius 1 is 1.10 bits per heavy atom. The molecule has 0 aliphatic rings. The molecule has 2 aromatic rings. The van der Waals surface area contributed by atoms with E-state index in [1.54, 1.807) is 17.4 Å². The average Bonchev–Trinajstić information content (AvgIpc) is 2.92. The van der Waals surface area contributed by atoms with Gasteiger partial charge < -0.3 is 29.3 Å². The van der Waals surface area contributed by atoms with E-state index < -0.39 is 8.53 Å². The molecule has 0 aliphatic carbocycles. The molecule has 218 valence electrons. The summed E-state index contributed by atoms with van der Waals surface area (Å²) in [6.45, 7) is 14.0. The first-order chi connectivity index (χ1) is 19.2. The quantitative estimate of drug-likeness (QED) is 0.106. The van der Waals surface area contributed by atoms with Gasteiger partial charge in [0.15, 0.2) is 5.82 Å². The number of benzene rings is 1. The monoisotopic (exact) mass is 570 g/mol. The van der Waals surface area contributed by atoms with E-state index >= 15 is 0 Å². The molecule has 0 fully saturated rings. The van der Waals surface area contributed by atoms with Gasteiger partial charge in [0.05, 0.1) is 32.0 Å². The summed E-state index contributed by atoms with van der Waals surface area (Å²) in [5.41, 5.74) is 7.78. The zero-order valence-corrected chi connectivity index (χ0v) is 25.4. The summed E-state index contributed by atoms with van der Waals surface area (Å²) in [4.78, 5) is 17.0. The molecule has 1 atom stereocenters. The van der Waals surface area contributed by atoms with Crippen LogP contribution in [0.25, 0.3) is 0 Å². The molecule has 40 heavy (non-hydrogen) atoms. The second-order valence-corrected chi connectivity index (χ2v) is 11.1. The fourth-order valence-electron chi connectivity index (χ4n) is 3.68. The van der Waals surface area contributed by atoms with E-state index in [0.29, 0.717) is 50.7 Å². The van der Waals surface area contributed by atoms with Crippen molar-refractivity contribution in [2.45, 2.75) is 59.2 Å². The number of anilines is 2. The van der Waals surface area contributed by atoms with Gasteiger partial charge in [-0.15, -0.1) is 0 Å². The molecular weight excluding hydrogens is 527 g/mol. The molecule has 2 rings (SSSR count). The lowest BCUT2D eigenvalue weighted by atomic mass is 10.2. The number of nitrogens with two attached hydrogens (primary N) is 1. The minimum Gasteiger partial charge on any atom is -0.471 e. The van der Waals surface area contributed by atoms with E-state index in [1.807, 2.05) is 49.3 Å². The van der Waals surface area contributed by atoms with Crippen LogP contribution >= 0.6 is 8.53 Å². The second kappa shape index (κ2) is 17.4. The van der Waals surface area contributed by atoms with Gasteiger partial charge in [-0.3, -0.25) is 0 Å². The lowest BCUT2D eigenvalue weighted by Gasteiger charge is -2.35. The molecule has 0 radical (unpaired) electrons. The van der Waals surface area contributed by atoms with Gasteiger partial charge in [0, 0.05) is 32.7 Å². The number of nitrogen functional groups attached to an aromatic ring is 1. The van der Waals surface area contributed by atoms with Crippen LogP contribution in [-0.4, -0.2) is 71.8 Å². The largest absolute Gasteiger partial charge is 0.471 e. The van der Waals surface area contributed by atoms with Crippen molar-refractivity contribution in [1.29, 1.82) is 5.26 Å². The zero-order chi connectivity index (χ0) is 29.5. The minimum atomic E-state index is -1.32. The van der Waals surface area contributed by atoms with Crippen LogP contribution in [0.2, 0.25) is 0 Å². The van der Waals surface area contributed by atoms with Gasteiger partial charge in [-0.2, -0.15) is 15.2 Å². The Kier molecular flexibility index (Phi) is 14.3. The van der Waals surface area contributed by atoms with Crippen molar-refractivity contribution in [1.82, 2.24) is 19.5 Å². The summed E-state index contributed by atoms with van der Waals surface area (Å²) in [5.74, 6) is 0.933. The van der Waals surface area contributed by atoms with Gasteiger partial charge in [0.1, 0.15) is 12.3 Å². The van der Waals surface area contributed by atoms with Gasteiger partial charge in [0.2, 0.25) is 5.88 Å². The maximum absolute atomic E-state index is 8.93. The first-order valence-corrected chi connectivity index (χ1v) is 14.5. The van der Waals surface area contributed by atoms with E-state index in [2.05, 4.69) is 60.0 Å². The Morgan fingerprint density at radius 3 is 2.38 bits per heavy atom. The lowest BCUT2D eigenvalue weighted by molar-refractivity contribution is 0.176.